The van der Waals surface area contributed by atoms with Crippen LogP contribution in [0.3, 0.4) is 0 Å². The van der Waals surface area contributed by atoms with E-state index in [-0.39, 0.29) is 40.8 Å². The molecule has 1 atom stereocenters. The molecule has 1 saturated carbocycles. The number of nitrogens with zero attached hydrogens (tertiary/aromatic N) is 4. The van der Waals surface area contributed by atoms with E-state index in [1.807, 2.05) is 0 Å². The number of anilines is 2. The summed E-state index contributed by atoms with van der Waals surface area (Å²) < 4.78 is 61.9. The van der Waals surface area contributed by atoms with Gasteiger partial charge in [0.25, 0.3) is 0 Å². The zero-order chi connectivity index (χ0) is 33.3. The van der Waals surface area contributed by atoms with Crippen molar-refractivity contribution < 1.29 is 37.4 Å². The van der Waals surface area contributed by atoms with Crippen molar-refractivity contribution in [2.75, 3.05) is 23.3 Å². The SMILES string of the molecule is O=C(O)c1cn(-c2ccc(F)cc2F)c2nc(NC3CCN(c4cc5c(cc4F)c(=O)c(C(=O)O)cn5C4CC4)C3)c(F)cc2c1=O. The largest absolute Gasteiger partial charge is 0.477 e. The summed E-state index contributed by atoms with van der Waals surface area (Å²) in [6, 6.07) is 5.32. The molecule has 2 aromatic carbocycles. The number of carboxylic acid groups (broad SMARTS) is 2. The Morgan fingerprint density at radius 2 is 1.47 bits per heavy atom. The molecule has 2 aliphatic rings. The standard InChI is InChI=1S/C32H23F4N5O6/c33-14-1-4-24(21(34)7-14)41-13-20(32(46)47)28(43)18-9-23(36)29(38-30(18)41)37-15-5-6-39(11-15)26-10-25-17(8-22(26)35)27(42)19(31(44)45)12-40(25)16-2-3-16/h1,4,7-10,12-13,15-16H,2-3,5-6,11H2,(H,37,38)(H,44,45)(H,46,47). The summed E-state index contributed by atoms with van der Waals surface area (Å²) in [6.45, 7) is 0.462. The first kappa shape index (κ1) is 30.0. The van der Waals surface area contributed by atoms with Crippen molar-refractivity contribution in [1.29, 1.82) is 0 Å². The number of nitrogens with one attached hydrogen (secondary N) is 1. The maximum Gasteiger partial charge on any atom is 0.341 e. The molecule has 1 aliphatic heterocycles. The highest BCUT2D eigenvalue weighted by molar-refractivity contribution is 5.94. The third-order valence-corrected chi connectivity index (χ3v) is 8.47. The minimum Gasteiger partial charge on any atom is -0.477 e. The maximum atomic E-state index is 15.5. The Morgan fingerprint density at radius 1 is 0.809 bits per heavy atom. The van der Waals surface area contributed by atoms with Gasteiger partial charge in [-0.1, -0.05) is 0 Å². The summed E-state index contributed by atoms with van der Waals surface area (Å²) in [6.07, 6.45) is 4.05. The molecule has 0 spiro atoms. The van der Waals surface area contributed by atoms with E-state index in [0.29, 0.717) is 24.5 Å². The molecule has 0 bridgehead atoms. The van der Waals surface area contributed by atoms with Crippen LogP contribution in [-0.4, -0.2) is 55.4 Å². The minimum absolute atomic E-state index is 0.0168. The quantitative estimate of drug-likeness (QED) is 0.214. The summed E-state index contributed by atoms with van der Waals surface area (Å²) in [7, 11) is 0. The monoisotopic (exact) mass is 649 g/mol. The van der Waals surface area contributed by atoms with Crippen molar-refractivity contribution in [1.82, 2.24) is 14.1 Å². The highest BCUT2D eigenvalue weighted by Crippen LogP contribution is 2.38. The summed E-state index contributed by atoms with van der Waals surface area (Å²) in [5.74, 6) is -7.10. The highest BCUT2D eigenvalue weighted by atomic mass is 19.1. The fourth-order valence-corrected chi connectivity index (χ4v) is 6.04. The first-order valence-electron chi connectivity index (χ1n) is 14.5. The number of fused-ring (bicyclic) bond motifs is 2. The van der Waals surface area contributed by atoms with Gasteiger partial charge in [-0.3, -0.25) is 14.2 Å². The van der Waals surface area contributed by atoms with Gasteiger partial charge in [0, 0.05) is 49.0 Å². The summed E-state index contributed by atoms with van der Waals surface area (Å²) in [4.78, 5) is 55.0. The Labute approximate surface area is 260 Å². The molecule has 2 fully saturated rings. The maximum absolute atomic E-state index is 15.5. The number of carboxylic acids is 2. The van der Waals surface area contributed by atoms with Gasteiger partial charge >= 0.3 is 11.9 Å². The van der Waals surface area contributed by atoms with E-state index in [1.165, 1.54) is 12.3 Å². The highest BCUT2D eigenvalue weighted by Gasteiger charge is 2.30. The topological polar surface area (TPSA) is 147 Å². The molecule has 47 heavy (non-hydrogen) atoms. The first-order valence-corrected chi connectivity index (χ1v) is 14.5. The number of halogens is 4. The smallest absolute Gasteiger partial charge is 0.341 e. The van der Waals surface area contributed by atoms with Crippen molar-refractivity contribution >= 4 is 45.4 Å². The van der Waals surface area contributed by atoms with Crippen LogP contribution in [0.4, 0.5) is 29.1 Å². The average Bonchev–Trinajstić information content (AvgIpc) is 3.76. The van der Waals surface area contributed by atoms with Gasteiger partial charge in [-0.2, -0.15) is 0 Å². The van der Waals surface area contributed by atoms with Gasteiger partial charge in [0.05, 0.1) is 22.3 Å². The van der Waals surface area contributed by atoms with Crippen LogP contribution in [0, 0.1) is 23.3 Å². The second kappa shape index (κ2) is 11.0. The van der Waals surface area contributed by atoms with Gasteiger partial charge in [-0.25, -0.2) is 32.1 Å². The molecule has 1 aliphatic carbocycles. The van der Waals surface area contributed by atoms with E-state index in [2.05, 4.69) is 10.3 Å². The van der Waals surface area contributed by atoms with Crippen LogP contribution in [0.5, 0.6) is 0 Å². The van der Waals surface area contributed by atoms with Crippen LogP contribution >= 0.6 is 0 Å². The van der Waals surface area contributed by atoms with Crippen molar-refractivity contribution in [3.05, 3.63) is 104 Å². The lowest BCUT2D eigenvalue weighted by Crippen LogP contribution is -2.28. The van der Waals surface area contributed by atoms with Crippen molar-refractivity contribution in [2.24, 2.45) is 0 Å². The molecule has 0 radical (unpaired) electrons. The molecule has 5 aromatic rings. The zero-order valence-electron chi connectivity index (χ0n) is 24.1. The Bertz CT molecular complexity index is 2300. The molecule has 11 nitrogen and oxygen atoms in total. The van der Waals surface area contributed by atoms with Crippen LogP contribution < -0.4 is 21.1 Å². The lowest BCUT2D eigenvalue weighted by atomic mass is 10.1. The van der Waals surface area contributed by atoms with Crippen LogP contribution in [0.2, 0.25) is 0 Å². The molecule has 15 heteroatoms. The predicted molar refractivity (Wildman–Crippen MR) is 162 cm³/mol. The lowest BCUT2D eigenvalue weighted by Gasteiger charge is -2.22. The summed E-state index contributed by atoms with van der Waals surface area (Å²) >= 11 is 0. The molecule has 1 saturated heterocycles. The van der Waals surface area contributed by atoms with Gasteiger partial charge < -0.3 is 25.0 Å². The van der Waals surface area contributed by atoms with E-state index >= 15 is 8.78 Å². The van der Waals surface area contributed by atoms with E-state index in [4.69, 9.17) is 0 Å². The molecular weight excluding hydrogens is 626 g/mol. The second-order valence-corrected chi connectivity index (χ2v) is 11.5. The van der Waals surface area contributed by atoms with Crippen LogP contribution in [0.15, 0.2) is 58.4 Å². The molecule has 3 N–H and O–H groups in total. The number of benzene rings is 2. The van der Waals surface area contributed by atoms with E-state index < -0.39 is 68.6 Å². The molecule has 240 valence electrons. The average molecular weight is 650 g/mol. The lowest BCUT2D eigenvalue weighted by molar-refractivity contribution is 0.0684. The Kier molecular flexibility index (Phi) is 6.99. The van der Waals surface area contributed by atoms with Crippen molar-refractivity contribution in [3.8, 4) is 5.69 Å². The summed E-state index contributed by atoms with van der Waals surface area (Å²) in [5.41, 5.74) is -3.13. The second-order valence-electron chi connectivity index (χ2n) is 11.5. The van der Waals surface area contributed by atoms with Gasteiger partial charge in [-0.05, 0) is 49.6 Å². The molecular formula is C32H23F4N5O6. The van der Waals surface area contributed by atoms with Crippen LogP contribution in [0.25, 0.3) is 27.6 Å². The van der Waals surface area contributed by atoms with E-state index in [0.717, 1.165) is 47.9 Å². The molecule has 1 unspecified atom stereocenters. The van der Waals surface area contributed by atoms with E-state index in [1.54, 1.807) is 9.47 Å². The Morgan fingerprint density at radius 3 is 2.15 bits per heavy atom. The van der Waals surface area contributed by atoms with Gasteiger partial charge in [-0.15, -0.1) is 0 Å². The van der Waals surface area contributed by atoms with Crippen molar-refractivity contribution in [2.45, 2.75) is 31.3 Å². The van der Waals surface area contributed by atoms with Gasteiger partial charge in [0.1, 0.15) is 28.6 Å². The first-order chi connectivity index (χ1) is 22.4. The van der Waals surface area contributed by atoms with E-state index in [9.17, 15) is 38.2 Å². The number of aromatic carboxylic acids is 2. The molecule has 7 rings (SSSR count). The number of carbonyl (C=O) groups is 2. The number of hydrogen-bond donors (Lipinski definition) is 3. The molecule has 0 amide bonds. The normalized spacial score (nSPS) is 16.3. The fraction of sp³-hybridized carbons (Fsp3) is 0.219. The Hall–Kier alpha value is -5.73. The van der Waals surface area contributed by atoms with Crippen LogP contribution in [0.1, 0.15) is 46.0 Å². The Balaban J connectivity index is 1.24. The number of pyridine rings is 3. The number of rotatable bonds is 7. The number of aromatic nitrogens is 3. The third-order valence-electron chi connectivity index (χ3n) is 8.47. The van der Waals surface area contributed by atoms with Gasteiger partial charge in [0.2, 0.25) is 10.9 Å². The van der Waals surface area contributed by atoms with Crippen LogP contribution in [-0.2, 0) is 0 Å². The molecule has 3 aromatic heterocycles. The molecule has 4 heterocycles. The fourth-order valence-electron chi connectivity index (χ4n) is 6.04. The third kappa shape index (κ3) is 5.13. The number of hydrogen-bond acceptors (Lipinski definition) is 7. The van der Waals surface area contributed by atoms with Crippen molar-refractivity contribution in [3.63, 3.8) is 0 Å². The van der Waals surface area contributed by atoms with Gasteiger partial charge in [0.15, 0.2) is 17.3 Å². The minimum atomic E-state index is -1.64. The predicted octanol–water partition coefficient (Wildman–Crippen LogP) is 4.68. The zero-order valence-corrected chi connectivity index (χ0v) is 24.1. The summed E-state index contributed by atoms with van der Waals surface area (Å²) in [5, 5.41) is 21.5.